The van der Waals surface area contributed by atoms with Crippen molar-refractivity contribution in [1.29, 1.82) is 0 Å². The number of likely N-dealkylation sites (N-methyl/N-ethyl adjacent to an activating group) is 1. The number of piperazine rings is 1. The van der Waals surface area contributed by atoms with Crippen molar-refractivity contribution < 1.29 is 19.0 Å². The molecule has 1 saturated heterocycles. The van der Waals surface area contributed by atoms with Gasteiger partial charge in [0.15, 0.2) is 11.4 Å². The summed E-state index contributed by atoms with van der Waals surface area (Å²) >= 11 is 1.64. The summed E-state index contributed by atoms with van der Waals surface area (Å²) < 4.78 is 17.4. The van der Waals surface area contributed by atoms with E-state index >= 15 is 0 Å². The zero-order valence-electron chi connectivity index (χ0n) is 26.1. The van der Waals surface area contributed by atoms with E-state index in [1.807, 2.05) is 37.3 Å². The number of carbonyl (C=O) groups excluding carboxylic acids is 1. The molecule has 43 heavy (non-hydrogen) atoms. The highest BCUT2D eigenvalue weighted by molar-refractivity contribution is 7.99. The van der Waals surface area contributed by atoms with Crippen LogP contribution in [0.5, 0.6) is 17.2 Å². The molecule has 0 spiro atoms. The zero-order chi connectivity index (χ0) is 30.2. The molecule has 5 rings (SSSR count). The number of ether oxygens (including phenoxy) is 3. The lowest BCUT2D eigenvalue weighted by Gasteiger charge is -2.38. The Morgan fingerprint density at radius 3 is 2.21 bits per heavy atom. The van der Waals surface area contributed by atoms with Crippen molar-refractivity contribution in [2.45, 2.75) is 43.9 Å². The van der Waals surface area contributed by atoms with Gasteiger partial charge in [0, 0.05) is 44.9 Å². The summed E-state index contributed by atoms with van der Waals surface area (Å²) in [4.78, 5) is 20.1. The van der Waals surface area contributed by atoms with Gasteiger partial charge in [-0.1, -0.05) is 30.3 Å². The molecule has 3 aromatic carbocycles. The smallest absolute Gasteiger partial charge is 0.337 e. The zero-order valence-corrected chi connectivity index (χ0v) is 26.9. The van der Waals surface area contributed by atoms with E-state index < -0.39 is 0 Å². The van der Waals surface area contributed by atoms with Crippen LogP contribution in [0.25, 0.3) is 0 Å². The Balaban J connectivity index is 1.08. The van der Waals surface area contributed by atoms with Gasteiger partial charge in [0.05, 0.1) is 38.2 Å². The number of nitrogens with zero attached hydrogens (tertiary/aromatic N) is 3. The quantitative estimate of drug-likeness (QED) is 0.127. The lowest BCUT2D eigenvalue weighted by molar-refractivity contribution is -0.127. The first kappa shape index (κ1) is 31.4. The van der Waals surface area contributed by atoms with E-state index in [1.165, 1.54) is 10.5 Å². The average Bonchev–Trinajstić information content (AvgIpc) is 3.06. The van der Waals surface area contributed by atoms with Gasteiger partial charge in [0.25, 0.3) is 0 Å². The van der Waals surface area contributed by atoms with E-state index in [-0.39, 0.29) is 15.7 Å². The molecule has 2 heterocycles. The van der Waals surface area contributed by atoms with Crippen LogP contribution >= 0.6 is 11.9 Å². The average molecular weight is 605 g/mol. The van der Waals surface area contributed by atoms with E-state index in [2.05, 4.69) is 53.1 Å². The summed E-state index contributed by atoms with van der Waals surface area (Å²) in [5, 5.41) is 0. The minimum Gasteiger partial charge on any atom is -0.497 e. The number of methoxy groups -OCH3 is 2. The number of unbranched alkanes of at least 4 members (excludes halogenated alkanes) is 1. The van der Waals surface area contributed by atoms with Gasteiger partial charge < -0.3 is 24.0 Å². The number of rotatable bonds is 13. The highest BCUT2D eigenvalue weighted by Crippen LogP contribution is 2.50. The second-order valence-corrected chi connectivity index (χ2v) is 12.7. The minimum absolute atomic E-state index is 0.156. The Morgan fingerprint density at radius 1 is 0.860 bits per heavy atom. The second-order valence-electron chi connectivity index (χ2n) is 11.4. The normalized spacial score (nSPS) is 20.9. The molecule has 0 saturated carbocycles. The molecule has 2 atom stereocenters. The number of benzene rings is 3. The molecule has 0 aromatic heterocycles. The topological polar surface area (TPSA) is 51.2 Å². The molecule has 2 aliphatic heterocycles. The summed E-state index contributed by atoms with van der Waals surface area (Å²) in [6.45, 7) is 12.0. The number of para-hydroxylation sites is 2. The Morgan fingerprint density at radius 2 is 1.51 bits per heavy atom. The van der Waals surface area contributed by atoms with Crippen molar-refractivity contribution in [2.24, 2.45) is 0 Å². The predicted octanol–water partition coefficient (Wildman–Crippen LogP) is 6.40. The van der Waals surface area contributed by atoms with Crippen LogP contribution in [0.15, 0.2) is 71.6 Å². The maximum Gasteiger partial charge on any atom is 0.337 e. The molecule has 8 heteroatoms. The molecule has 2 aliphatic rings. The maximum absolute atomic E-state index is 13.8. The van der Waals surface area contributed by atoms with E-state index in [1.54, 1.807) is 26.2 Å². The van der Waals surface area contributed by atoms with E-state index in [0.29, 0.717) is 13.2 Å². The fourth-order valence-electron chi connectivity index (χ4n) is 6.17. The Kier molecular flexibility index (Phi) is 10.7. The molecule has 230 valence electrons. The lowest BCUT2D eigenvalue weighted by atomic mass is 9.98. The van der Waals surface area contributed by atoms with Gasteiger partial charge in [-0.3, -0.25) is 0 Å². The first-order valence-corrected chi connectivity index (χ1v) is 16.3. The summed E-state index contributed by atoms with van der Waals surface area (Å²) in [6.07, 6.45) is 3.07. The van der Waals surface area contributed by atoms with Gasteiger partial charge in [0.1, 0.15) is 23.4 Å². The van der Waals surface area contributed by atoms with Crippen LogP contribution < -0.4 is 18.1 Å². The predicted molar refractivity (Wildman–Crippen MR) is 175 cm³/mol. The van der Waals surface area contributed by atoms with Gasteiger partial charge in [-0.2, -0.15) is 3.89 Å². The molecule has 1 amide bonds. The Labute approximate surface area is 261 Å². The third kappa shape index (κ3) is 7.20. The first-order chi connectivity index (χ1) is 21.0. The number of hydrogen-bond donors (Lipinski definition) is 0. The molecule has 1 fully saturated rings. The standard InChI is InChI=1S/C35H46N3O4S/c1-5-38(35(39)27(2)31-12-6-9-15-34(31)43-38)32-13-7-8-14-33(32)42-23-11-10-17-36-19-21-37(22-20-36)18-16-28-24-29(40-3)26-30(25-28)41-4/h6-9,12-15,24-27H,5,10-11,16-23H2,1-4H3/q+1. The summed E-state index contributed by atoms with van der Waals surface area (Å²) in [5.74, 6) is 2.56. The van der Waals surface area contributed by atoms with Gasteiger partial charge in [0.2, 0.25) is 0 Å². The third-order valence-corrected chi connectivity index (χ3v) is 10.3. The summed E-state index contributed by atoms with van der Waals surface area (Å²) in [7, 11) is 3.39. The largest absolute Gasteiger partial charge is 0.497 e. The molecule has 2 unspecified atom stereocenters. The number of fused-ring (bicyclic) bond motifs is 1. The van der Waals surface area contributed by atoms with Crippen LogP contribution in [0.1, 0.15) is 43.7 Å². The molecule has 0 aliphatic carbocycles. The van der Waals surface area contributed by atoms with Crippen LogP contribution in [0.3, 0.4) is 0 Å². The Bertz CT molecular complexity index is 1350. The van der Waals surface area contributed by atoms with Crippen molar-refractivity contribution in [2.75, 3.05) is 66.6 Å². The van der Waals surface area contributed by atoms with Gasteiger partial charge in [-0.25, -0.2) is 4.79 Å². The van der Waals surface area contributed by atoms with Crippen LogP contribution in [0.2, 0.25) is 0 Å². The summed E-state index contributed by atoms with van der Waals surface area (Å²) in [5.41, 5.74) is 3.32. The molecule has 7 nitrogen and oxygen atoms in total. The molecule has 0 N–H and O–H groups in total. The van der Waals surface area contributed by atoms with Crippen LogP contribution in [-0.4, -0.2) is 82.3 Å². The van der Waals surface area contributed by atoms with Crippen molar-refractivity contribution in [1.82, 2.24) is 13.7 Å². The van der Waals surface area contributed by atoms with Crippen LogP contribution in [0.4, 0.5) is 5.69 Å². The van der Waals surface area contributed by atoms with Crippen LogP contribution in [-0.2, 0) is 11.2 Å². The van der Waals surface area contributed by atoms with Crippen molar-refractivity contribution >= 4 is 23.5 Å². The van der Waals surface area contributed by atoms with Crippen molar-refractivity contribution in [3.05, 3.63) is 77.9 Å². The molecular formula is C35H46N3O4S+. The summed E-state index contributed by atoms with van der Waals surface area (Å²) in [6, 6.07) is 22.5. The fraction of sp³-hybridized carbons (Fsp3) is 0.457. The number of hydrogen-bond acceptors (Lipinski definition) is 7. The van der Waals surface area contributed by atoms with E-state index in [9.17, 15) is 4.79 Å². The highest BCUT2D eigenvalue weighted by Gasteiger charge is 2.49. The first-order valence-electron chi connectivity index (χ1n) is 15.6. The molecule has 3 aromatic rings. The highest BCUT2D eigenvalue weighted by atomic mass is 32.2. The van der Waals surface area contributed by atoms with Crippen LogP contribution in [0, 0.1) is 0 Å². The third-order valence-electron chi connectivity index (χ3n) is 8.78. The van der Waals surface area contributed by atoms with E-state index in [0.717, 1.165) is 87.0 Å². The fourth-order valence-corrected chi connectivity index (χ4v) is 7.62. The van der Waals surface area contributed by atoms with Gasteiger partial charge >= 0.3 is 5.91 Å². The Hall–Kier alpha value is -3.04. The lowest BCUT2D eigenvalue weighted by Crippen LogP contribution is -2.52. The van der Waals surface area contributed by atoms with Gasteiger partial charge in [-0.15, -0.1) is 0 Å². The minimum atomic E-state index is -0.156. The SMILES string of the molecule is CC[N+]1(c2ccccc2OCCCCN2CCN(CCc3cc(OC)cc(OC)c3)CC2)Sc2ccccc2C(C)C1=O. The van der Waals surface area contributed by atoms with Gasteiger partial charge in [-0.05, 0) is 75.0 Å². The number of carbonyl (C=O) groups is 1. The molecule has 0 bridgehead atoms. The number of amides is 1. The number of quaternary nitrogens is 1. The monoisotopic (exact) mass is 604 g/mol. The molecular weight excluding hydrogens is 558 g/mol. The molecule has 0 radical (unpaired) electrons. The van der Waals surface area contributed by atoms with Crippen molar-refractivity contribution in [3.8, 4) is 17.2 Å². The maximum atomic E-state index is 13.8. The van der Waals surface area contributed by atoms with Crippen molar-refractivity contribution in [3.63, 3.8) is 0 Å². The van der Waals surface area contributed by atoms with E-state index in [4.69, 9.17) is 14.2 Å². The second kappa shape index (κ2) is 14.6.